The summed E-state index contributed by atoms with van der Waals surface area (Å²) in [5, 5.41) is 1.06. The summed E-state index contributed by atoms with van der Waals surface area (Å²) in [7, 11) is 0. The predicted molar refractivity (Wildman–Crippen MR) is 108 cm³/mol. The molecule has 27 heavy (non-hydrogen) atoms. The van der Waals surface area contributed by atoms with Crippen LogP contribution in [0.1, 0.15) is 13.8 Å². The van der Waals surface area contributed by atoms with Gasteiger partial charge in [-0.25, -0.2) is 9.59 Å². The summed E-state index contributed by atoms with van der Waals surface area (Å²) in [6.07, 6.45) is 0. The molecule has 1 aromatic heterocycles. The minimum absolute atomic E-state index is 0.353. The lowest BCUT2D eigenvalue weighted by molar-refractivity contribution is -0.130. The summed E-state index contributed by atoms with van der Waals surface area (Å²) in [4.78, 5) is 24.3. The molecule has 4 nitrogen and oxygen atoms in total. The number of thiophene rings is 1. The van der Waals surface area contributed by atoms with Gasteiger partial charge in [0.25, 0.3) is 0 Å². The second kappa shape index (κ2) is 7.60. The van der Waals surface area contributed by atoms with E-state index >= 15 is 0 Å². The number of hydrogen-bond acceptors (Lipinski definition) is 5. The molecule has 3 rings (SSSR count). The molecule has 0 fully saturated rings. The summed E-state index contributed by atoms with van der Waals surface area (Å²) in [6.45, 7) is 10.4. The lowest BCUT2D eigenvalue weighted by atomic mass is 10.1. The van der Waals surface area contributed by atoms with Crippen molar-refractivity contribution in [3.8, 4) is 21.9 Å². The molecular formula is C22H18O4S. The Morgan fingerprint density at radius 3 is 1.96 bits per heavy atom. The molecule has 0 aliphatic rings. The molecule has 1 heterocycles. The molecule has 0 saturated carbocycles. The molecule has 0 bridgehead atoms. The van der Waals surface area contributed by atoms with E-state index in [1.54, 1.807) is 43.4 Å². The van der Waals surface area contributed by atoms with Gasteiger partial charge in [0.2, 0.25) is 0 Å². The van der Waals surface area contributed by atoms with E-state index in [9.17, 15) is 9.59 Å². The van der Waals surface area contributed by atoms with Gasteiger partial charge in [0.05, 0.1) is 0 Å². The van der Waals surface area contributed by atoms with E-state index in [0.29, 0.717) is 22.6 Å². The SMILES string of the molecule is C=C(C)C(=O)Oc1ccc(-c2cc3ccc(OC(=O)C(=C)C)cc3s2)cc1. The molecule has 0 aliphatic heterocycles. The number of esters is 2. The Hall–Kier alpha value is -3.18. The number of carbonyl (C=O) groups excluding carboxylic acids is 2. The predicted octanol–water partition coefficient (Wildman–Crippen LogP) is 5.53. The number of hydrogen-bond donors (Lipinski definition) is 0. The lowest BCUT2D eigenvalue weighted by Crippen LogP contribution is -2.07. The summed E-state index contributed by atoms with van der Waals surface area (Å²) in [6, 6.07) is 14.9. The van der Waals surface area contributed by atoms with Crippen LogP contribution in [0.4, 0.5) is 0 Å². The number of fused-ring (bicyclic) bond motifs is 1. The van der Waals surface area contributed by atoms with E-state index in [1.807, 2.05) is 24.3 Å². The average molecular weight is 378 g/mol. The molecule has 0 unspecified atom stereocenters. The maximum Gasteiger partial charge on any atom is 0.338 e. The van der Waals surface area contributed by atoms with E-state index in [0.717, 1.165) is 20.5 Å². The standard InChI is InChI=1S/C22H18O4S/c1-13(2)21(23)25-17-8-5-15(6-9-17)19-11-16-7-10-18(12-20(16)27-19)26-22(24)14(3)4/h5-12H,1,3H2,2,4H3. The maximum atomic E-state index is 11.7. The van der Waals surface area contributed by atoms with Gasteiger partial charge in [-0.15, -0.1) is 11.3 Å². The van der Waals surface area contributed by atoms with Crippen LogP contribution in [0.3, 0.4) is 0 Å². The second-order valence-corrected chi connectivity index (χ2v) is 7.26. The Morgan fingerprint density at radius 1 is 0.815 bits per heavy atom. The number of ether oxygens (including phenoxy) is 2. The van der Waals surface area contributed by atoms with Gasteiger partial charge in [-0.1, -0.05) is 13.2 Å². The van der Waals surface area contributed by atoms with Crippen molar-refractivity contribution in [2.75, 3.05) is 0 Å². The third-order valence-corrected chi connectivity index (χ3v) is 4.90. The number of benzene rings is 2. The van der Waals surface area contributed by atoms with E-state index in [1.165, 1.54) is 0 Å². The van der Waals surface area contributed by atoms with Gasteiger partial charge < -0.3 is 9.47 Å². The van der Waals surface area contributed by atoms with Crippen molar-refractivity contribution in [3.05, 3.63) is 72.8 Å². The average Bonchev–Trinajstić information content (AvgIpc) is 3.05. The summed E-state index contributed by atoms with van der Waals surface area (Å²) >= 11 is 1.59. The first-order valence-electron chi connectivity index (χ1n) is 8.23. The Bertz CT molecular complexity index is 1060. The van der Waals surface area contributed by atoms with Gasteiger partial charge in [0, 0.05) is 20.7 Å². The van der Waals surface area contributed by atoms with E-state index in [-0.39, 0.29) is 0 Å². The van der Waals surface area contributed by atoms with Gasteiger partial charge in [0.15, 0.2) is 0 Å². The Balaban J connectivity index is 1.82. The highest BCUT2D eigenvalue weighted by Gasteiger charge is 2.10. The van der Waals surface area contributed by atoms with Crippen LogP contribution in [0, 0.1) is 0 Å². The molecule has 0 spiro atoms. The smallest absolute Gasteiger partial charge is 0.338 e. The van der Waals surface area contributed by atoms with Gasteiger partial charge in [-0.2, -0.15) is 0 Å². The molecular weight excluding hydrogens is 360 g/mol. The normalized spacial score (nSPS) is 10.4. The first-order chi connectivity index (χ1) is 12.8. The first-order valence-corrected chi connectivity index (χ1v) is 9.04. The molecule has 0 amide bonds. The molecule has 136 valence electrons. The van der Waals surface area contributed by atoms with Crippen LogP contribution >= 0.6 is 11.3 Å². The quantitative estimate of drug-likeness (QED) is 0.333. The highest BCUT2D eigenvalue weighted by molar-refractivity contribution is 7.22. The first kappa shape index (κ1) is 18.6. The minimum Gasteiger partial charge on any atom is -0.423 e. The van der Waals surface area contributed by atoms with E-state index in [4.69, 9.17) is 9.47 Å². The van der Waals surface area contributed by atoms with E-state index in [2.05, 4.69) is 19.2 Å². The van der Waals surface area contributed by atoms with Crippen LogP contribution in [0.5, 0.6) is 11.5 Å². The van der Waals surface area contributed by atoms with Crippen molar-refractivity contribution in [1.82, 2.24) is 0 Å². The maximum absolute atomic E-state index is 11.7. The second-order valence-electron chi connectivity index (χ2n) is 6.17. The lowest BCUT2D eigenvalue weighted by Gasteiger charge is -2.04. The van der Waals surface area contributed by atoms with Crippen molar-refractivity contribution in [3.63, 3.8) is 0 Å². The summed E-state index contributed by atoms with van der Waals surface area (Å²) in [5.74, 6) is 0.0836. The number of carbonyl (C=O) groups is 2. The fourth-order valence-electron chi connectivity index (χ4n) is 2.29. The van der Waals surface area contributed by atoms with Crippen LogP contribution in [0.15, 0.2) is 72.8 Å². The Morgan fingerprint density at radius 2 is 1.37 bits per heavy atom. The van der Waals surface area contributed by atoms with Gasteiger partial charge in [-0.05, 0) is 73.3 Å². The molecule has 5 heteroatoms. The van der Waals surface area contributed by atoms with Crippen molar-refractivity contribution in [2.45, 2.75) is 13.8 Å². The molecule has 0 radical (unpaired) electrons. The highest BCUT2D eigenvalue weighted by Crippen LogP contribution is 2.36. The van der Waals surface area contributed by atoms with Crippen LogP contribution in [0.25, 0.3) is 20.5 Å². The largest absolute Gasteiger partial charge is 0.423 e. The highest BCUT2D eigenvalue weighted by atomic mass is 32.1. The zero-order valence-electron chi connectivity index (χ0n) is 15.1. The van der Waals surface area contributed by atoms with Crippen LogP contribution < -0.4 is 9.47 Å². The van der Waals surface area contributed by atoms with E-state index < -0.39 is 11.9 Å². The summed E-state index contributed by atoms with van der Waals surface area (Å²) < 4.78 is 11.5. The monoisotopic (exact) mass is 378 g/mol. The minimum atomic E-state index is -0.443. The molecule has 2 aromatic carbocycles. The van der Waals surface area contributed by atoms with Crippen molar-refractivity contribution >= 4 is 33.4 Å². The zero-order valence-corrected chi connectivity index (χ0v) is 15.9. The van der Waals surface area contributed by atoms with Crippen molar-refractivity contribution < 1.29 is 19.1 Å². The topological polar surface area (TPSA) is 52.6 Å². The fourth-order valence-corrected chi connectivity index (χ4v) is 3.39. The third kappa shape index (κ3) is 4.33. The molecule has 0 atom stereocenters. The van der Waals surface area contributed by atoms with Crippen LogP contribution in [-0.4, -0.2) is 11.9 Å². The van der Waals surface area contributed by atoms with Crippen molar-refractivity contribution in [1.29, 1.82) is 0 Å². The van der Waals surface area contributed by atoms with Crippen LogP contribution in [-0.2, 0) is 9.59 Å². The fraction of sp³-hybridized carbons (Fsp3) is 0.0909. The summed E-state index contributed by atoms with van der Waals surface area (Å²) in [5.41, 5.74) is 1.72. The molecule has 0 aliphatic carbocycles. The van der Waals surface area contributed by atoms with Gasteiger partial charge in [-0.3, -0.25) is 0 Å². The number of rotatable bonds is 5. The third-order valence-electron chi connectivity index (χ3n) is 3.75. The van der Waals surface area contributed by atoms with Gasteiger partial charge in [0.1, 0.15) is 11.5 Å². The zero-order chi connectivity index (χ0) is 19.6. The molecule has 3 aromatic rings. The van der Waals surface area contributed by atoms with Gasteiger partial charge >= 0.3 is 11.9 Å². The molecule has 0 N–H and O–H groups in total. The van der Waals surface area contributed by atoms with Crippen LogP contribution in [0.2, 0.25) is 0 Å². The Labute approximate surface area is 161 Å². The molecule has 0 saturated heterocycles. The Kier molecular flexibility index (Phi) is 5.23. The van der Waals surface area contributed by atoms with Crippen molar-refractivity contribution in [2.24, 2.45) is 0 Å².